The lowest BCUT2D eigenvalue weighted by Gasteiger charge is -2.16. The molecule has 0 spiro atoms. The first-order chi connectivity index (χ1) is 10.7. The molecule has 3 rings (SSSR count). The molecule has 2 heterocycles. The maximum atomic E-state index is 9.11. The highest BCUT2D eigenvalue weighted by Crippen LogP contribution is 2.21. The average Bonchev–Trinajstić information content (AvgIpc) is 2.90. The Morgan fingerprint density at radius 1 is 1.18 bits per heavy atom. The van der Waals surface area contributed by atoms with Crippen molar-refractivity contribution < 1.29 is 5.11 Å². The highest BCUT2D eigenvalue weighted by molar-refractivity contribution is 5.82. The summed E-state index contributed by atoms with van der Waals surface area (Å²) < 4.78 is 1.77. The zero-order chi connectivity index (χ0) is 15.5. The Hall–Kier alpha value is -2.54. The van der Waals surface area contributed by atoms with Gasteiger partial charge in [-0.3, -0.25) is 0 Å². The zero-order valence-corrected chi connectivity index (χ0v) is 12.6. The van der Waals surface area contributed by atoms with E-state index in [-0.39, 0.29) is 6.61 Å². The molecule has 114 valence electrons. The summed E-state index contributed by atoms with van der Waals surface area (Å²) in [6.45, 7) is 2.99. The molecular formula is C15H18N6O. The number of aromatic nitrogens is 5. The Bertz CT molecular complexity index is 770. The fourth-order valence-corrected chi connectivity index (χ4v) is 2.33. The third kappa shape index (κ3) is 2.75. The Labute approximate surface area is 128 Å². The number of fused-ring (bicyclic) bond motifs is 1. The van der Waals surface area contributed by atoms with Crippen molar-refractivity contribution in [3.05, 3.63) is 41.7 Å². The van der Waals surface area contributed by atoms with Crippen molar-refractivity contribution in [2.75, 3.05) is 25.1 Å². The number of aryl methyl sites for hydroxylation is 1. The summed E-state index contributed by atoms with van der Waals surface area (Å²) in [7, 11) is 1.87. The third-order valence-electron chi connectivity index (χ3n) is 3.43. The quantitative estimate of drug-likeness (QED) is 0.757. The molecule has 1 aromatic carbocycles. The monoisotopic (exact) mass is 298 g/mol. The normalized spacial score (nSPS) is 11.0. The summed E-state index contributed by atoms with van der Waals surface area (Å²) in [6, 6.07) is 10.1. The van der Waals surface area contributed by atoms with Crippen LogP contribution in [0.25, 0.3) is 11.2 Å². The van der Waals surface area contributed by atoms with Crippen molar-refractivity contribution in [3.8, 4) is 0 Å². The highest BCUT2D eigenvalue weighted by Gasteiger charge is 2.16. The minimum Gasteiger partial charge on any atom is -0.395 e. The van der Waals surface area contributed by atoms with Gasteiger partial charge in [0, 0.05) is 13.6 Å². The van der Waals surface area contributed by atoms with Gasteiger partial charge in [-0.1, -0.05) is 35.5 Å². The number of hydrogen-bond donors (Lipinski definition) is 1. The van der Waals surface area contributed by atoms with Gasteiger partial charge in [0.15, 0.2) is 17.0 Å². The summed E-state index contributed by atoms with van der Waals surface area (Å²) in [5.41, 5.74) is 2.49. The van der Waals surface area contributed by atoms with E-state index in [1.165, 1.54) is 0 Å². The number of aliphatic hydroxyl groups is 1. The number of aliphatic hydroxyl groups excluding tert-OH is 1. The molecule has 0 saturated carbocycles. The van der Waals surface area contributed by atoms with Gasteiger partial charge in [0.2, 0.25) is 0 Å². The van der Waals surface area contributed by atoms with Gasteiger partial charge in [0.25, 0.3) is 0 Å². The summed E-state index contributed by atoms with van der Waals surface area (Å²) in [5, 5.41) is 17.5. The van der Waals surface area contributed by atoms with Gasteiger partial charge in [0.05, 0.1) is 13.2 Å². The van der Waals surface area contributed by atoms with Gasteiger partial charge < -0.3 is 10.0 Å². The molecule has 0 aliphatic rings. The molecule has 0 aliphatic heterocycles. The Balaban J connectivity index is 2.03. The minimum absolute atomic E-state index is 0.0548. The van der Waals surface area contributed by atoms with Crippen LogP contribution in [0.5, 0.6) is 0 Å². The number of rotatable bonds is 5. The van der Waals surface area contributed by atoms with Crippen molar-refractivity contribution in [3.63, 3.8) is 0 Å². The van der Waals surface area contributed by atoms with Gasteiger partial charge >= 0.3 is 0 Å². The standard InChI is InChI=1S/C15H18N6O/c1-11-16-14(20(2)8-9-22)13-15(17-11)21(19-18-13)10-12-6-4-3-5-7-12/h3-7,22H,8-10H2,1-2H3. The molecule has 7 nitrogen and oxygen atoms in total. The van der Waals surface area contributed by atoms with Crippen molar-refractivity contribution in [1.29, 1.82) is 0 Å². The maximum Gasteiger partial charge on any atom is 0.184 e. The van der Waals surface area contributed by atoms with E-state index in [0.717, 1.165) is 5.56 Å². The van der Waals surface area contributed by atoms with Crippen LogP contribution in [0.2, 0.25) is 0 Å². The summed E-state index contributed by atoms with van der Waals surface area (Å²) in [6.07, 6.45) is 0. The van der Waals surface area contributed by atoms with Crippen LogP contribution in [-0.2, 0) is 6.54 Å². The van der Waals surface area contributed by atoms with Crippen molar-refractivity contribution in [1.82, 2.24) is 25.0 Å². The van der Waals surface area contributed by atoms with E-state index < -0.39 is 0 Å². The Morgan fingerprint density at radius 3 is 2.68 bits per heavy atom. The molecule has 0 bridgehead atoms. The fourth-order valence-electron chi connectivity index (χ4n) is 2.33. The topological polar surface area (TPSA) is 80.0 Å². The van der Waals surface area contributed by atoms with Crippen LogP contribution in [0.15, 0.2) is 30.3 Å². The Kier molecular flexibility index (Phi) is 3.97. The first-order valence-electron chi connectivity index (χ1n) is 7.13. The third-order valence-corrected chi connectivity index (χ3v) is 3.43. The van der Waals surface area contributed by atoms with Crippen molar-refractivity contribution in [2.45, 2.75) is 13.5 Å². The fraction of sp³-hybridized carbons (Fsp3) is 0.333. The van der Waals surface area contributed by atoms with E-state index in [1.807, 2.05) is 49.2 Å². The van der Waals surface area contributed by atoms with Gasteiger partial charge in [-0.05, 0) is 12.5 Å². The molecule has 0 radical (unpaired) electrons. The number of likely N-dealkylation sites (N-methyl/N-ethyl adjacent to an activating group) is 1. The second kappa shape index (κ2) is 6.07. The smallest absolute Gasteiger partial charge is 0.184 e. The lowest BCUT2D eigenvalue weighted by Crippen LogP contribution is -2.23. The molecule has 0 fully saturated rings. The molecule has 0 aliphatic carbocycles. The largest absolute Gasteiger partial charge is 0.395 e. The molecule has 0 amide bonds. The molecule has 7 heteroatoms. The SMILES string of the molecule is Cc1nc(N(C)CCO)c2nnn(Cc3ccccc3)c2n1. The number of anilines is 1. The lowest BCUT2D eigenvalue weighted by atomic mass is 10.2. The molecule has 2 aromatic heterocycles. The van der Waals surface area contributed by atoms with Crippen LogP contribution < -0.4 is 4.90 Å². The van der Waals surface area contributed by atoms with Gasteiger partial charge in [-0.15, -0.1) is 5.10 Å². The minimum atomic E-state index is 0.0548. The zero-order valence-electron chi connectivity index (χ0n) is 12.6. The van der Waals surface area contributed by atoms with Crippen LogP contribution in [0.3, 0.4) is 0 Å². The van der Waals surface area contributed by atoms with E-state index in [0.29, 0.717) is 35.9 Å². The van der Waals surface area contributed by atoms with Crippen molar-refractivity contribution >= 4 is 17.0 Å². The first-order valence-corrected chi connectivity index (χ1v) is 7.13. The number of nitrogens with zero attached hydrogens (tertiary/aromatic N) is 6. The second-order valence-electron chi connectivity index (χ2n) is 5.14. The maximum absolute atomic E-state index is 9.11. The lowest BCUT2D eigenvalue weighted by molar-refractivity contribution is 0.304. The van der Waals surface area contributed by atoms with E-state index >= 15 is 0 Å². The van der Waals surface area contributed by atoms with E-state index in [9.17, 15) is 0 Å². The predicted molar refractivity (Wildman–Crippen MR) is 83.8 cm³/mol. The Morgan fingerprint density at radius 2 is 1.95 bits per heavy atom. The molecular weight excluding hydrogens is 280 g/mol. The van der Waals surface area contributed by atoms with Gasteiger partial charge in [-0.2, -0.15) is 0 Å². The molecule has 0 atom stereocenters. The van der Waals surface area contributed by atoms with E-state index in [2.05, 4.69) is 20.3 Å². The second-order valence-corrected chi connectivity index (χ2v) is 5.14. The average molecular weight is 298 g/mol. The van der Waals surface area contributed by atoms with Crippen LogP contribution in [0.4, 0.5) is 5.82 Å². The van der Waals surface area contributed by atoms with Gasteiger partial charge in [0.1, 0.15) is 5.82 Å². The summed E-state index contributed by atoms with van der Waals surface area (Å²) >= 11 is 0. The van der Waals surface area contributed by atoms with Gasteiger partial charge in [-0.25, -0.2) is 14.6 Å². The molecule has 3 aromatic rings. The number of benzene rings is 1. The molecule has 1 N–H and O–H groups in total. The number of hydrogen-bond acceptors (Lipinski definition) is 6. The van der Waals surface area contributed by atoms with Crippen LogP contribution in [0, 0.1) is 6.92 Å². The molecule has 22 heavy (non-hydrogen) atoms. The summed E-state index contributed by atoms with van der Waals surface area (Å²) in [4.78, 5) is 10.8. The first kappa shape index (κ1) is 14.4. The van der Waals surface area contributed by atoms with Crippen molar-refractivity contribution in [2.24, 2.45) is 0 Å². The summed E-state index contributed by atoms with van der Waals surface area (Å²) in [5.74, 6) is 1.35. The predicted octanol–water partition coefficient (Wildman–Crippen LogP) is 1.01. The molecule has 0 unspecified atom stereocenters. The van der Waals surface area contributed by atoms with Crippen LogP contribution in [0.1, 0.15) is 11.4 Å². The van der Waals surface area contributed by atoms with E-state index in [1.54, 1.807) is 4.68 Å². The van der Waals surface area contributed by atoms with Crippen LogP contribution in [-0.4, -0.2) is 50.3 Å². The van der Waals surface area contributed by atoms with E-state index in [4.69, 9.17) is 5.11 Å². The molecule has 0 saturated heterocycles. The van der Waals surface area contributed by atoms with Crippen LogP contribution >= 0.6 is 0 Å². The highest BCUT2D eigenvalue weighted by atomic mass is 16.3.